The lowest BCUT2D eigenvalue weighted by molar-refractivity contribution is 0.0575. The van der Waals surface area contributed by atoms with Crippen LogP contribution in [0.4, 0.5) is 0 Å². The molecule has 4 heteroatoms. The van der Waals surface area contributed by atoms with Crippen molar-refractivity contribution >= 4 is 11.3 Å². The van der Waals surface area contributed by atoms with E-state index in [4.69, 9.17) is 5.26 Å². The maximum atomic E-state index is 10.6. The fourth-order valence-electron chi connectivity index (χ4n) is 1.92. The molecule has 0 amide bonds. The Morgan fingerprint density at radius 3 is 2.42 bits per heavy atom. The molecule has 0 saturated heterocycles. The summed E-state index contributed by atoms with van der Waals surface area (Å²) in [6, 6.07) is 9.12. The highest BCUT2D eigenvalue weighted by Gasteiger charge is 2.25. The van der Waals surface area contributed by atoms with Gasteiger partial charge < -0.3 is 5.11 Å². The number of rotatable bonds is 3. The van der Waals surface area contributed by atoms with Crippen LogP contribution in [0, 0.1) is 25.2 Å². The summed E-state index contributed by atoms with van der Waals surface area (Å²) in [7, 11) is 0. The van der Waals surface area contributed by atoms with Crippen LogP contribution in [0.15, 0.2) is 24.3 Å². The minimum Gasteiger partial charge on any atom is -0.385 e. The van der Waals surface area contributed by atoms with Gasteiger partial charge in [-0.1, -0.05) is 12.1 Å². The molecule has 2 rings (SSSR count). The summed E-state index contributed by atoms with van der Waals surface area (Å²) in [5.74, 6) is 0. The predicted molar refractivity (Wildman–Crippen MR) is 76.0 cm³/mol. The zero-order valence-corrected chi connectivity index (χ0v) is 12.1. The standard InChI is InChI=1S/C15H16N2OS/c1-10-11(2)19-14(17-10)8-15(3,18)13-6-4-12(9-16)5-7-13/h4-7,18H,8H2,1-3H3. The largest absolute Gasteiger partial charge is 0.385 e. The number of aromatic nitrogens is 1. The summed E-state index contributed by atoms with van der Waals surface area (Å²) in [6.45, 7) is 5.79. The van der Waals surface area contributed by atoms with E-state index in [9.17, 15) is 5.11 Å². The van der Waals surface area contributed by atoms with Crippen molar-refractivity contribution in [3.63, 3.8) is 0 Å². The Morgan fingerprint density at radius 2 is 1.95 bits per heavy atom. The fraction of sp³-hybridized carbons (Fsp3) is 0.333. The van der Waals surface area contributed by atoms with E-state index < -0.39 is 5.60 Å². The molecule has 0 fully saturated rings. The minimum atomic E-state index is -0.968. The summed E-state index contributed by atoms with van der Waals surface area (Å²) >= 11 is 1.62. The maximum absolute atomic E-state index is 10.6. The van der Waals surface area contributed by atoms with Crippen molar-refractivity contribution in [1.29, 1.82) is 5.26 Å². The van der Waals surface area contributed by atoms with Crippen molar-refractivity contribution in [3.05, 3.63) is 51.0 Å². The summed E-state index contributed by atoms with van der Waals surface area (Å²) in [6.07, 6.45) is 0.484. The van der Waals surface area contributed by atoms with Gasteiger partial charge in [0.2, 0.25) is 0 Å². The molecule has 1 unspecified atom stereocenters. The van der Waals surface area contributed by atoms with Gasteiger partial charge in [-0.3, -0.25) is 0 Å². The number of aliphatic hydroxyl groups is 1. The van der Waals surface area contributed by atoms with Gasteiger partial charge >= 0.3 is 0 Å². The van der Waals surface area contributed by atoms with Crippen LogP contribution in [-0.4, -0.2) is 10.1 Å². The van der Waals surface area contributed by atoms with Gasteiger partial charge in [-0.15, -0.1) is 11.3 Å². The highest BCUT2D eigenvalue weighted by Crippen LogP contribution is 2.28. The van der Waals surface area contributed by atoms with E-state index in [1.807, 2.05) is 13.8 Å². The number of thiazole rings is 1. The van der Waals surface area contributed by atoms with Crippen molar-refractivity contribution in [2.24, 2.45) is 0 Å². The van der Waals surface area contributed by atoms with Crippen LogP contribution >= 0.6 is 11.3 Å². The molecule has 0 radical (unpaired) electrons. The van der Waals surface area contributed by atoms with Gasteiger partial charge in [-0.25, -0.2) is 4.98 Å². The molecule has 98 valence electrons. The van der Waals surface area contributed by atoms with E-state index in [0.29, 0.717) is 12.0 Å². The van der Waals surface area contributed by atoms with Crippen molar-refractivity contribution in [3.8, 4) is 6.07 Å². The van der Waals surface area contributed by atoms with Gasteiger partial charge in [-0.2, -0.15) is 5.26 Å². The lowest BCUT2D eigenvalue weighted by atomic mass is 9.92. The van der Waals surface area contributed by atoms with Gasteiger partial charge in [0.05, 0.1) is 27.9 Å². The summed E-state index contributed by atoms with van der Waals surface area (Å²) in [5.41, 5.74) is 1.46. The average Bonchev–Trinajstić information content (AvgIpc) is 2.67. The molecular formula is C15H16N2OS. The van der Waals surface area contributed by atoms with Gasteiger partial charge in [-0.05, 0) is 38.5 Å². The number of benzene rings is 1. The molecule has 0 aliphatic heterocycles. The van der Waals surface area contributed by atoms with E-state index in [1.54, 1.807) is 42.5 Å². The number of aryl methyl sites for hydroxylation is 2. The van der Waals surface area contributed by atoms with Crippen molar-refractivity contribution in [2.75, 3.05) is 0 Å². The number of hydrogen-bond acceptors (Lipinski definition) is 4. The molecule has 1 N–H and O–H groups in total. The second-order valence-corrected chi connectivity index (χ2v) is 6.18. The summed E-state index contributed by atoms with van der Waals surface area (Å²) in [5, 5.41) is 20.3. The van der Waals surface area contributed by atoms with Gasteiger partial charge in [0.15, 0.2) is 0 Å². The van der Waals surface area contributed by atoms with Crippen LogP contribution in [0.25, 0.3) is 0 Å². The summed E-state index contributed by atoms with van der Waals surface area (Å²) < 4.78 is 0. The molecule has 1 atom stereocenters. The van der Waals surface area contributed by atoms with Crippen molar-refractivity contribution < 1.29 is 5.11 Å². The smallest absolute Gasteiger partial charge is 0.0991 e. The maximum Gasteiger partial charge on any atom is 0.0991 e. The first kappa shape index (κ1) is 13.7. The molecule has 0 aliphatic carbocycles. The Morgan fingerprint density at radius 1 is 1.32 bits per heavy atom. The molecule has 0 bridgehead atoms. The summed E-state index contributed by atoms with van der Waals surface area (Å²) in [4.78, 5) is 5.65. The number of nitrogens with zero attached hydrogens (tertiary/aromatic N) is 2. The van der Waals surface area contributed by atoms with Gasteiger partial charge in [0, 0.05) is 11.3 Å². The van der Waals surface area contributed by atoms with E-state index in [0.717, 1.165) is 16.3 Å². The lowest BCUT2D eigenvalue weighted by Gasteiger charge is -2.22. The normalized spacial score (nSPS) is 13.8. The lowest BCUT2D eigenvalue weighted by Crippen LogP contribution is -2.24. The highest BCUT2D eigenvalue weighted by atomic mass is 32.1. The Kier molecular flexibility index (Phi) is 3.70. The van der Waals surface area contributed by atoms with E-state index in [1.165, 1.54) is 4.88 Å². The first-order chi connectivity index (χ1) is 8.92. The molecule has 0 aliphatic rings. The Hall–Kier alpha value is -1.70. The van der Waals surface area contributed by atoms with Crippen LogP contribution in [0.2, 0.25) is 0 Å². The van der Waals surface area contributed by atoms with Crippen LogP contribution in [0.1, 0.15) is 33.6 Å². The third kappa shape index (κ3) is 3.01. The van der Waals surface area contributed by atoms with Gasteiger partial charge in [0.1, 0.15) is 0 Å². The van der Waals surface area contributed by atoms with E-state index in [2.05, 4.69) is 11.1 Å². The quantitative estimate of drug-likeness (QED) is 0.934. The second-order valence-electron chi connectivity index (χ2n) is 4.89. The third-order valence-corrected chi connectivity index (χ3v) is 4.28. The van der Waals surface area contributed by atoms with E-state index >= 15 is 0 Å². The Bertz CT molecular complexity index is 601. The van der Waals surface area contributed by atoms with Crippen LogP contribution in [0.5, 0.6) is 0 Å². The molecule has 0 spiro atoms. The van der Waals surface area contributed by atoms with Crippen LogP contribution in [0.3, 0.4) is 0 Å². The Labute approximate surface area is 117 Å². The number of nitriles is 1. The molecule has 1 aromatic carbocycles. The zero-order valence-electron chi connectivity index (χ0n) is 11.3. The first-order valence-corrected chi connectivity index (χ1v) is 6.90. The molecule has 2 aromatic rings. The average molecular weight is 272 g/mol. The second kappa shape index (κ2) is 5.12. The molecular weight excluding hydrogens is 256 g/mol. The molecule has 19 heavy (non-hydrogen) atoms. The van der Waals surface area contributed by atoms with Crippen molar-refractivity contribution in [2.45, 2.75) is 32.8 Å². The number of hydrogen-bond donors (Lipinski definition) is 1. The first-order valence-electron chi connectivity index (χ1n) is 6.08. The zero-order chi connectivity index (χ0) is 14.0. The fourth-order valence-corrected chi connectivity index (χ4v) is 3.00. The SMILES string of the molecule is Cc1nc(CC(C)(O)c2ccc(C#N)cc2)sc1C. The van der Waals surface area contributed by atoms with Crippen molar-refractivity contribution in [1.82, 2.24) is 4.98 Å². The molecule has 3 nitrogen and oxygen atoms in total. The molecule has 1 aromatic heterocycles. The monoisotopic (exact) mass is 272 g/mol. The third-order valence-electron chi connectivity index (χ3n) is 3.20. The molecule has 1 heterocycles. The van der Waals surface area contributed by atoms with Crippen LogP contribution in [-0.2, 0) is 12.0 Å². The topological polar surface area (TPSA) is 56.9 Å². The Balaban J connectivity index is 2.23. The predicted octanol–water partition coefficient (Wildman–Crippen LogP) is 3.08. The minimum absolute atomic E-state index is 0.484. The van der Waals surface area contributed by atoms with E-state index in [-0.39, 0.29) is 0 Å². The van der Waals surface area contributed by atoms with Gasteiger partial charge in [0.25, 0.3) is 0 Å². The van der Waals surface area contributed by atoms with Crippen LogP contribution < -0.4 is 0 Å². The molecule has 0 saturated carbocycles. The highest BCUT2D eigenvalue weighted by molar-refractivity contribution is 7.11.